The van der Waals surface area contributed by atoms with Gasteiger partial charge in [0, 0.05) is 20.6 Å². The van der Waals surface area contributed by atoms with Crippen molar-refractivity contribution in [3.8, 4) is 0 Å². The summed E-state index contributed by atoms with van der Waals surface area (Å²) in [6, 6.07) is 5.42. The van der Waals surface area contributed by atoms with Crippen LogP contribution in [0.3, 0.4) is 0 Å². The quantitative estimate of drug-likeness (QED) is 0.790. The Balaban J connectivity index is 2.89. The van der Waals surface area contributed by atoms with Crippen molar-refractivity contribution < 1.29 is 13.2 Å². The maximum atomic E-state index is 12.1. The third-order valence-electron chi connectivity index (χ3n) is 2.61. The second-order valence-electron chi connectivity index (χ2n) is 4.42. The SMILES string of the molecule is CC(NS(=O)(=O)c1ccc(CN)cc1)C(=O)N(C)C. The average molecular weight is 285 g/mol. The largest absolute Gasteiger partial charge is 0.347 e. The highest BCUT2D eigenvalue weighted by atomic mass is 32.2. The first-order valence-corrected chi connectivity index (χ1v) is 7.28. The molecule has 106 valence electrons. The lowest BCUT2D eigenvalue weighted by atomic mass is 10.2. The predicted octanol–water partition coefficient (Wildman–Crippen LogP) is -0.0997. The topological polar surface area (TPSA) is 92.5 Å². The van der Waals surface area contributed by atoms with E-state index in [2.05, 4.69) is 4.72 Å². The lowest BCUT2D eigenvalue weighted by Gasteiger charge is -2.18. The van der Waals surface area contributed by atoms with Crippen LogP contribution in [0.1, 0.15) is 12.5 Å². The van der Waals surface area contributed by atoms with E-state index in [9.17, 15) is 13.2 Å². The van der Waals surface area contributed by atoms with Gasteiger partial charge in [0.05, 0.1) is 10.9 Å². The molecule has 1 atom stereocenters. The smallest absolute Gasteiger partial charge is 0.241 e. The number of nitrogens with zero attached hydrogens (tertiary/aromatic N) is 1. The van der Waals surface area contributed by atoms with Crippen LogP contribution in [-0.2, 0) is 21.4 Å². The summed E-state index contributed by atoms with van der Waals surface area (Å²) >= 11 is 0. The molecule has 1 rings (SSSR count). The Labute approximate surface area is 113 Å². The summed E-state index contributed by atoms with van der Waals surface area (Å²) in [7, 11) is -0.556. The minimum Gasteiger partial charge on any atom is -0.347 e. The van der Waals surface area contributed by atoms with Gasteiger partial charge in [-0.3, -0.25) is 4.79 Å². The molecule has 7 heteroatoms. The van der Waals surface area contributed by atoms with Gasteiger partial charge < -0.3 is 10.6 Å². The summed E-state index contributed by atoms with van der Waals surface area (Å²) in [6.45, 7) is 1.86. The van der Waals surface area contributed by atoms with E-state index in [0.29, 0.717) is 6.54 Å². The standard InChI is InChI=1S/C12H19N3O3S/c1-9(12(16)15(2)3)14-19(17,18)11-6-4-10(8-13)5-7-11/h4-7,9,14H,8,13H2,1-3H3. The molecule has 0 aliphatic carbocycles. The Morgan fingerprint density at radius 2 is 1.84 bits per heavy atom. The Kier molecular flexibility index (Phi) is 5.04. The van der Waals surface area contributed by atoms with Crippen LogP contribution in [0.2, 0.25) is 0 Å². The number of carbonyl (C=O) groups excluding carboxylic acids is 1. The predicted molar refractivity (Wildman–Crippen MR) is 72.8 cm³/mol. The Morgan fingerprint density at radius 3 is 2.26 bits per heavy atom. The molecule has 0 spiro atoms. The van der Waals surface area contributed by atoms with E-state index in [0.717, 1.165) is 5.56 Å². The molecule has 0 aromatic heterocycles. The van der Waals surface area contributed by atoms with Crippen molar-refractivity contribution >= 4 is 15.9 Å². The van der Waals surface area contributed by atoms with Crippen LogP contribution in [0.4, 0.5) is 0 Å². The average Bonchev–Trinajstić information content (AvgIpc) is 2.37. The number of amides is 1. The molecule has 1 amide bonds. The molecule has 0 saturated heterocycles. The molecule has 6 nitrogen and oxygen atoms in total. The zero-order valence-electron chi connectivity index (χ0n) is 11.3. The monoisotopic (exact) mass is 285 g/mol. The molecule has 0 radical (unpaired) electrons. The van der Waals surface area contributed by atoms with E-state index in [-0.39, 0.29) is 10.8 Å². The van der Waals surface area contributed by atoms with E-state index in [1.54, 1.807) is 26.2 Å². The summed E-state index contributed by atoms with van der Waals surface area (Å²) in [6.07, 6.45) is 0. The normalized spacial score (nSPS) is 13.1. The van der Waals surface area contributed by atoms with Crippen LogP contribution in [0.5, 0.6) is 0 Å². The molecule has 1 unspecified atom stereocenters. The molecule has 0 aliphatic rings. The number of hydrogen-bond acceptors (Lipinski definition) is 4. The highest BCUT2D eigenvalue weighted by Gasteiger charge is 2.22. The number of carbonyl (C=O) groups is 1. The first-order valence-electron chi connectivity index (χ1n) is 5.80. The number of nitrogens with two attached hydrogens (primary N) is 1. The van der Waals surface area contributed by atoms with Gasteiger partial charge in [-0.1, -0.05) is 12.1 Å². The molecular formula is C12H19N3O3S. The van der Waals surface area contributed by atoms with Crippen molar-refractivity contribution in [3.63, 3.8) is 0 Å². The summed E-state index contributed by atoms with van der Waals surface area (Å²) in [5.74, 6) is -0.304. The molecule has 0 bridgehead atoms. The van der Waals surface area contributed by atoms with Crippen LogP contribution < -0.4 is 10.5 Å². The Morgan fingerprint density at radius 1 is 1.32 bits per heavy atom. The van der Waals surface area contributed by atoms with Gasteiger partial charge in [0.15, 0.2) is 0 Å². The van der Waals surface area contributed by atoms with Gasteiger partial charge in [-0.05, 0) is 24.6 Å². The lowest BCUT2D eigenvalue weighted by molar-refractivity contribution is -0.130. The second kappa shape index (κ2) is 6.14. The third kappa shape index (κ3) is 4.02. The Bertz CT molecular complexity index is 538. The van der Waals surface area contributed by atoms with Gasteiger partial charge in [-0.25, -0.2) is 8.42 Å². The van der Waals surface area contributed by atoms with Gasteiger partial charge in [-0.15, -0.1) is 0 Å². The van der Waals surface area contributed by atoms with Gasteiger partial charge in [0.2, 0.25) is 15.9 Å². The fourth-order valence-corrected chi connectivity index (χ4v) is 2.74. The summed E-state index contributed by atoms with van der Waals surface area (Å²) < 4.78 is 26.5. The first kappa shape index (κ1) is 15.6. The van der Waals surface area contributed by atoms with Crippen molar-refractivity contribution in [2.75, 3.05) is 14.1 Å². The molecule has 3 N–H and O–H groups in total. The van der Waals surface area contributed by atoms with Crippen LogP contribution in [0, 0.1) is 0 Å². The lowest BCUT2D eigenvalue weighted by Crippen LogP contribution is -2.44. The highest BCUT2D eigenvalue weighted by molar-refractivity contribution is 7.89. The molecule has 1 aromatic carbocycles. The fraction of sp³-hybridized carbons (Fsp3) is 0.417. The van der Waals surface area contributed by atoms with Crippen LogP contribution in [0.25, 0.3) is 0 Å². The van der Waals surface area contributed by atoms with Crippen molar-refractivity contribution in [2.24, 2.45) is 5.73 Å². The van der Waals surface area contributed by atoms with Crippen LogP contribution >= 0.6 is 0 Å². The van der Waals surface area contributed by atoms with E-state index in [4.69, 9.17) is 5.73 Å². The van der Waals surface area contributed by atoms with Gasteiger partial charge in [0.25, 0.3) is 0 Å². The summed E-state index contributed by atoms with van der Waals surface area (Å²) in [4.78, 5) is 13.1. The zero-order valence-corrected chi connectivity index (χ0v) is 12.1. The minimum atomic E-state index is -3.70. The summed E-state index contributed by atoms with van der Waals surface area (Å²) in [5, 5.41) is 0. The maximum absolute atomic E-state index is 12.1. The molecule has 0 heterocycles. The highest BCUT2D eigenvalue weighted by Crippen LogP contribution is 2.11. The molecule has 19 heavy (non-hydrogen) atoms. The van der Waals surface area contributed by atoms with Gasteiger partial charge in [-0.2, -0.15) is 4.72 Å². The number of rotatable bonds is 5. The van der Waals surface area contributed by atoms with Crippen molar-refractivity contribution in [1.82, 2.24) is 9.62 Å². The van der Waals surface area contributed by atoms with E-state index in [1.807, 2.05) is 0 Å². The first-order chi connectivity index (χ1) is 8.77. The van der Waals surface area contributed by atoms with Crippen molar-refractivity contribution in [1.29, 1.82) is 0 Å². The van der Waals surface area contributed by atoms with Crippen LogP contribution in [0.15, 0.2) is 29.2 Å². The van der Waals surface area contributed by atoms with Gasteiger partial charge >= 0.3 is 0 Å². The number of likely N-dealkylation sites (N-methyl/N-ethyl adjacent to an activating group) is 1. The molecule has 0 saturated carbocycles. The van der Waals surface area contributed by atoms with E-state index >= 15 is 0 Å². The van der Waals surface area contributed by atoms with Crippen molar-refractivity contribution in [3.05, 3.63) is 29.8 Å². The van der Waals surface area contributed by atoms with E-state index < -0.39 is 16.1 Å². The summed E-state index contributed by atoms with van der Waals surface area (Å²) in [5.41, 5.74) is 6.29. The minimum absolute atomic E-state index is 0.114. The second-order valence-corrected chi connectivity index (χ2v) is 6.14. The number of hydrogen-bond donors (Lipinski definition) is 2. The fourth-order valence-electron chi connectivity index (χ4n) is 1.54. The number of nitrogens with one attached hydrogen (secondary N) is 1. The molecular weight excluding hydrogens is 266 g/mol. The Hall–Kier alpha value is -1.44. The number of benzene rings is 1. The number of sulfonamides is 1. The maximum Gasteiger partial charge on any atom is 0.241 e. The zero-order chi connectivity index (χ0) is 14.6. The third-order valence-corrected chi connectivity index (χ3v) is 4.17. The van der Waals surface area contributed by atoms with Gasteiger partial charge in [0.1, 0.15) is 0 Å². The van der Waals surface area contributed by atoms with E-state index in [1.165, 1.54) is 24.0 Å². The molecule has 1 aromatic rings. The van der Waals surface area contributed by atoms with Crippen molar-refractivity contribution in [2.45, 2.75) is 24.4 Å². The van der Waals surface area contributed by atoms with Crippen LogP contribution in [-0.4, -0.2) is 39.4 Å². The molecule has 0 fully saturated rings. The molecule has 0 aliphatic heterocycles.